The summed E-state index contributed by atoms with van der Waals surface area (Å²) in [7, 11) is -3.73. The van der Waals surface area contributed by atoms with E-state index in [0.29, 0.717) is 28.6 Å². The lowest BCUT2D eigenvalue weighted by Gasteiger charge is -2.11. The molecule has 0 saturated carbocycles. The van der Waals surface area contributed by atoms with Crippen LogP contribution in [-0.2, 0) is 16.4 Å². The number of benzene rings is 3. The number of carbonyl (C=O) groups is 1. The molecule has 0 saturated heterocycles. The number of fused-ring (bicyclic) bond motifs is 1. The maximum absolute atomic E-state index is 13.5. The third-order valence-electron chi connectivity index (χ3n) is 5.88. The van der Waals surface area contributed by atoms with Gasteiger partial charge in [-0.2, -0.15) is 0 Å². The van der Waals surface area contributed by atoms with Crippen LogP contribution in [0.4, 0.5) is 0 Å². The summed E-state index contributed by atoms with van der Waals surface area (Å²) >= 11 is 6.16. The molecule has 3 aromatic carbocycles. The summed E-state index contributed by atoms with van der Waals surface area (Å²) in [5, 5.41) is 10.4. The van der Waals surface area contributed by atoms with Crippen LogP contribution >= 0.6 is 11.6 Å². The molecule has 7 heteroatoms. The maximum Gasteiger partial charge on any atom is 0.335 e. The predicted octanol–water partition coefficient (Wildman–Crippen LogP) is 6.60. The smallest absolute Gasteiger partial charge is 0.335 e. The van der Waals surface area contributed by atoms with Gasteiger partial charge < -0.3 is 5.11 Å². The minimum atomic E-state index is -3.73. The number of nitrogens with zero attached hydrogens (tertiary/aromatic N) is 1. The summed E-state index contributed by atoms with van der Waals surface area (Å²) in [5.41, 5.74) is 4.29. The largest absolute Gasteiger partial charge is 0.478 e. The van der Waals surface area contributed by atoms with Crippen molar-refractivity contribution in [2.45, 2.75) is 26.2 Å². The summed E-state index contributed by atoms with van der Waals surface area (Å²) < 4.78 is 28.3. The van der Waals surface area contributed by atoms with Crippen LogP contribution in [0.1, 0.15) is 52.5 Å². The van der Waals surface area contributed by atoms with Crippen LogP contribution < -0.4 is 0 Å². The number of carboxylic acids is 1. The van der Waals surface area contributed by atoms with Gasteiger partial charge in [-0.25, -0.2) is 17.2 Å². The molecule has 1 heterocycles. The SMILES string of the molecule is CC(C)c1ccc(C=CCS(=O)(=O)n2c(Cc3ccc(C(=O)O)cc3)cc3cc(Cl)ccc32)cc1. The van der Waals surface area contributed by atoms with Gasteiger partial charge in [0.05, 0.1) is 16.8 Å². The fraction of sp³-hybridized carbons (Fsp3) is 0.179. The summed E-state index contributed by atoms with van der Waals surface area (Å²) in [6.07, 6.45) is 3.80. The second-order valence-electron chi connectivity index (χ2n) is 8.78. The highest BCUT2D eigenvalue weighted by Gasteiger charge is 2.20. The molecular formula is C28H26ClNO4S. The maximum atomic E-state index is 13.5. The van der Waals surface area contributed by atoms with E-state index in [1.165, 1.54) is 21.7 Å². The molecule has 180 valence electrons. The number of carboxylic acid groups (broad SMARTS) is 1. The van der Waals surface area contributed by atoms with Gasteiger partial charge in [0.1, 0.15) is 0 Å². The van der Waals surface area contributed by atoms with E-state index in [1.54, 1.807) is 36.4 Å². The zero-order valence-electron chi connectivity index (χ0n) is 19.5. The summed E-state index contributed by atoms with van der Waals surface area (Å²) in [6.45, 7) is 4.26. The van der Waals surface area contributed by atoms with Crippen LogP contribution in [0.5, 0.6) is 0 Å². The Bertz CT molecular complexity index is 1500. The van der Waals surface area contributed by atoms with Gasteiger partial charge >= 0.3 is 5.97 Å². The number of hydrogen-bond acceptors (Lipinski definition) is 3. The average molecular weight is 508 g/mol. The molecule has 0 unspecified atom stereocenters. The first-order chi connectivity index (χ1) is 16.6. The number of rotatable bonds is 8. The van der Waals surface area contributed by atoms with Crippen molar-refractivity contribution < 1.29 is 18.3 Å². The number of halogens is 1. The van der Waals surface area contributed by atoms with E-state index in [1.807, 2.05) is 24.3 Å². The Kier molecular flexibility index (Phi) is 7.15. The van der Waals surface area contributed by atoms with Crippen molar-refractivity contribution in [1.29, 1.82) is 0 Å². The summed E-state index contributed by atoms with van der Waals surface area (Å²) in [4.78, 5) is 11.2. The highest BCUT2D eigenvalue weighted by molar-refractivity contribution is 7.90. The molecule has 5 nitrogen and oxygen atoms in total. The van der Waals surface area contributed by atoms with Crippen molar-refractivity contribution in [1.82, 2.24) is 3.97 Å². The Balaban J connectivity index is 1.66. The quantitative estimate of drug-likeness (QED) is 0.291. The monoisotopic (exact) mass is 507 g/mol. The highest BCUT2D eigenvalue weighted by atomic mass is 35.5. The average Bonchev–Trinajstić information content (AvgIpc) is 3.17. The van der Waals surface area contributed by atoms with Crippen LogP contribution in [0.2, 0.25) is 5.02 Å². The van der Waals surface area contributed by atoms with E-state index in [-0.39, 0.29) is 11.3 Å². The Labute approximate surface area is 210 Å². The van der Waals surface area contributed by atoms with Gasteiger partial charge in [-0.3, -0.25) is 0 Å². The van der Waals surface area contributed by atoms with Gasteiger partial charge in [-0.1, -0.05) is 74.0 Å². The molecule has 0 spiro atoms. The van der Waals surface area contributed by atoms with Gasteiger partial charge in [0.2, 0.25) is 10.0 Å². The molecule has 0 radical (unpaired) electrons. The van der Waals surface area contributed by atoms with Crippen molar-refractivity contribution in [3.63, 3.8) is 0 Å². The van der Waals surface area contributed by atoms with E-state index in [0.717, 1.165) is 16.5 Å². The van der Waals surface area contributed by atoms with Crippen molar-refractivity contribution in [3.05, 3.63) is 112 Å². The first-order valence-corrected chi connectivity index (χ1v) is 13.2. The normalized spacial score (nSPS) is 12.1. The molecule has 0 bridgehead atoms. The molecule has 4 aromatic rings. The molecule has 1 aromatic heterocycles. The van der Waals surface area contributed by atoms with Gasteiger partial charge in [-0.05, 0) is 59.0 Å². The van der Waals surface area contributed by atoms with Crippen LogP contribution in [0.15, 0.2) is 78.9 Å². The fourth-order valence-electron chi connectivity index (χ4n) is 4.02. The molecule has 0 fully saturated rings. The number of aromatic carboxylic acids is 1. The highest BCUT2D eigenvalue weighted by Crippen LogP contribution is 2.27. The van der Waals surface area contributed by atoms with Crippen LogP contribution in [-0.4, -0.2) is 29.2 Å². The fourth-order valence-corrected chi connectivity index (χ4v) is 5.63. The van der Waals surface area contributed by atoms with E-state index in [4.69, 9.17) is 16.7 Å². The lowest BCUT2D eigenvalue weighted by molar-refractivity contribution is 0.0697. The molecule has 4 rings (SSSR count). The molecule has 0 aliphatic rings. The Morgan fingerprint density at radius 2 is 1.69 bits per heavy atom. The van der Waals surface area contributed by atoms with E-state index < -0.39 is 16.0 Å². The van der Waals surface area contributed by atoms with E-state index >= 15 is 0 Å². The van der Waals surface area contributed by atoms with Gasteiger partial charge in [0.15, 0.2) is 0 Å². The molecule has 0 aliphatic heterocycles. The molecular weight excluding hydrogens is 482 g/mol. The second-order valence-corrected chi connectivity index (χ2v) is 11.1. The molecule has 1 N–H and O–H groups in total. The summed E-state index contributed by atoms with van der Waals surface area (Å²) in [5.74, 6) is -0.743. The van der Waals surface area contributed by atoms with Crippen molar-refractivity contribution in [2.24, 2.45) is 0 Å². The minimum absolute atomic E-state index is 0.170. The van der Waals surface area contributed by atoms with Crippen molar-refractivity contribution in [3.8, 4) is 0 Å². The third kappa shape index (κ3) is 5.66. The zero-order chi connectivity index (χ0) is 25.2. The van der Waals surface area contributed by atoms with Crippen LogP contribution in [0, 0.1) is 0 Å². The van der Waals surface area contributed by atoms with Crippen LogP contribution in [0.25, 0.3) is 17.0 Å². The minimum Gasteiger partial charge on any atom is -0.478 e. The van der Waals surface area contributed by atoms with Gasteiger partial charge in [0, 0.05) is 22.5 Å². The topological polar surface area (TPSA) is 76.4 Å². The van der Waals surface area contributed by atoms with E-state index in [9.17, 15) is 13.2 Å². The van der Waals surface area contributed by atoms with Crippen LogP contribution in [0.3, 0.4) is 0 Å². The molecule has 0 amide bonds. The number of hydrogen-bond donors (Lipinski definition) is 1. The first kappa shape index (κ1) is 24.8. The lowest BCUT2D eigenvalue weighted by atomic mass is 10.0. The Morgan fingerprint density at radius 1 is 1.00 bits per heavy atom. The molecule has 0 atom stereocenters. The lowest BCUT2D eigenvalue weighted by Crippen LogP contribution is -2.18. The second kappa shape index (κ2) is 10.1. The standard InChI is InChI=1S/C28H26ClNO4S/c1-19(2)22-9-5-20(6-10-22)4-3-15-35(33,34)30-26(18-24-17-25(29)13-14-27(24)30)16-21-7-11-23(12-8-21)28(31)32/h3-14,17-19H,15-16H2,1-2H3,(H,31,32). The van der Waals surface area contributed by atoms with Gasteiger partial charge in [0.25, 0.3) is 0 Å². The molecule has 35 heavy (non-hydrogen) atoms. The predicted molar refractivity (Wildman–Crippen MR) is 142 cm³/mol. The van der Waals surface area contributed by atoms with Gasteiger partial charge in [-0.15, -0.1) is 0 Å². The third-order valence-corrected chi connectivity index (χ3v) is 7.71. The van der Waals surface area contributed by atoms with Crippen molar-refractivity contribution in [2.75, 3.05) is 5.75 Å². The zero-order valence-corrected chi connectivity index (χ0v) is 21.1. The summed E-state index contributed by atoms with van der Waals surface area (Å²) in [6, 6.07) is 21.4. The Hall–Kier alpha value is -3.35. The number of aromatic nitrogens is 1. The Morgan fingerprint density at radius 3 is 2.31 bits per heavy atom. The molecule has 0 aliphatic carbocycles. The van der Waals surface area contributed by atoms with Crippen molar-refractivity contribution >= 4 is 44.6 Å². The first-order valence-electron chi connectivity index (χ1n) is 11.3. The van der Waals surface area contributed by atoms with E-state index in [2.05, 4.69) is 26.0 Å².